The summed E-state index contributed by atoms with van der Waals surface area (Å²) in [4.78, 5) is 33.5. The Balaban J connectivity index is 2.47. The molecule has 1 rings (SSSR count). The number of carbonyl (C=O) groups excluding carboxylic acids is 2. The largest absolute Gasteiger partial charge is 0.481 e. The summed E-state index contributed by atoms with van der Waals surface area (Å²) in [6.07, 6.45) is -0.106. The minimum absolute atomic E-state index is 0.0227. The molecule has 0 aromatic heterocycles. The van der Waals surface area contributed by atoms with Crippen molar-refractivity contribution in [2.75, 3.05) is 6.54 Å². The van der Waals surface area contributed by atoms with E-state index in [0.717, 1.165) is 5.56 Å². The van der Waals surface area contributed by atoms with Crippen LogP contribution in [0.2, 0.25) is 0 Å². The fraction of sp³-hybridized carbons (Fsp3) is 0.400. The smallest absolute Gasteiger partial charge is 0.305 e. The number of hydrogen-bond donors (Lipinski definition) is 3. The van der Waals surface area contributed by atoms with Crippen molar-refractivity contribution in [1.82, 2.24) is 10.6 Å². The maximum absolute atomic E-state index is 11.7. The van der Waals surface area contributed by atoms with Crippen molar-refractivity contribution in [2.24, 2.45) is 5.92 Å². The van der Waals surface area contributed by atoms with Crippen molar-refractivity contribution in [1.29, 1.82) is 0 Å². The van der Waals surface area contributed by atoms with E-state index < -0.39 is 5.97 Å². The molecule has 6 nitrogen and oxygen atoms in total. The average Bonchev–Trinajstić information content (AvgIpc) is 2.44. The Morgan fingerprint density at radius 2 is 1.71 bits per heavy atom. The van der Waals surface area contributed by atoms with Gasteiger partial charge in [0.2, 0.25) is 5.91 Å². The summed E-state index contributed by atoms with van der Waals surface area (Å²) < 4.78 is 0. The van der Waals surface area contributed by atoms with Crippen LogP contribution in [0, 0.1) is 5.92 Å². The van der Waals surface area contributed by atoms with Crippen LogP contribution in [0.3, 0.4) is 0 Å². The summed E-state index contributed by atoms with van der Waals surface area (Å²) in [5, 5.41) is 13.8. The molecule has 0 heterocycles. The number of hydrogen-bond acceptors (Lipinski definition) is 3. The number of benzene rings is 1. The van der Waals surface area contributed by atoms with Gasteiger partial charge in [0, 0.05) is 24.6 Å². The molecule has 0 aliphatic heterocycles. The molecule has 0 aliphatic carbocycles. The third kappa shape index (κ3) is 6.07. The Kier molecular flexibility index (Phi) is 6.39. The molecule has 0 spiro atoms. The summed E-state index contributed by atoms with van der Waals surface area (Å²) in [6.45, 7) is 4.15. The molecule has 0 aliphatic rings. The van der Waals surface area contributed by atoms with E-state index in [9.17, 15) is 14.4 Å². The molecule has 0 saturated carbocycles. The van der Waals surface area contributed by atoms with E-state index in [1.54, 1.807) is 24.3 Å². The molecule has 6 heteroatoms. The molecule has 21 heavy (non-hydrogen) atoms. The summed E-state index contributed by atoms with van der Waals surface area (Å²) in [5.41, 5.74) is 1.35. The first-order chi connectivity index (χ1) is 9.90. The Hall–Kier alpha value is -2.37. The van der Waals surface area contributed by atoms with Crippen LogP contribution in [0.15, 0.2) is 24.3 Å². The summed E-state index contributed by atoms with van der Waals surface area (Å²) in [6, 6.07) is 6.80. The molecular formula is C15H20N2O4. The molecule has 3 N–H and O–H groups in total. The van der Waals surface area contributed by atoms with Crippen LogP contribution in [-0.2, 0) is 16.1 Å². The van der Waals surface area contributed by atoms with Gasteiger partial charge in [0.05, 0.1) is 6.42 Å². The zero-order valence-electron chi connectivity index (χ0n) is 12.2. The minimum Gasteiger partial charge on any atom is -0.481 e. The molecule has 114 valence electrons. The second-order valence-electron chi connectivity index (χ2n) is 4.97. The van der Waals surface area contributed by atoms with E-state index in [0.29, 0.717) is 12.1 Å². The van der Waals surface area contributed by atoms with Crippen LogP contribution in [-0.4, -0.2) is 29.4 Å². The maximum atomic E-state index is 11.7. The zero-order valence-corrected chi connectivity index (χ0v) is 12.2. The quantitative estimate of drug-likeness (QED) is 0.703. The fourth-order valence-electron chi connectivity index (χ4n) is 1.55. The van der Waals surface area contributed by atoms with Crippen LogP contribution in [0.5, 0.6) is 0 Å². The Bertz CT molecular complexity index is 509. The fourth-order valence-corrected chi connectivity index (χ4v) is 1.55. The summed E-state index contributed by atoms with van der Waals surface area (Å²) >= 11 is 0. The number of carbonyl (C=O) groups is 3. The Morgan fingerprint density at radius 3 is 2.24 bits per heavy atom. The van der Waals surface area contributed by atoms with Gasteiger partial charge in [-0.3, -0.25) is 14.4 Å². The lowest BCUT2D eigenvalue weighted by Gasteiger charge is -2.08. The summed E-state index contributed by atoms with van der Waals surface area (Å²) in [5.74, 6) is -1.35. The van der Waals surface area contributed by atoms with Gasteiger partial charge in [0.1, 0.15) is 0 Å². The monoisotopic (exact) mass is 292 g/mol. The van der Waals surface area contributed by atoms with Crippen LogP contribution in [0.25, 0.3) is 0 Å². The van der Waals surface area contributed by atoms with Crippen LogP contribution in [0.4, 0.5) is 0 Å². The van der Waals surface area contributed by atoms with E-state index in [1.165, 1.54) is 0 Å². The van der Waals surface area contributed by atoms with Gasteiger partial charge in [-0.2, -0.15) is 0 Å². The van der Waals surface area contributed by atoms with Crippen molar-refractivity contribution in [3.8, 4) is 0 Å². The van der Waals surface area contributed by atoms with E-state index in [1.807, 2.05) is 13.8 Å². The highest BCUT2D eigenvalue weighted by Gasteiger charge is 2.08. The van der Waals surface area contributed by atoms with E-state index in [2.05, 4.69) is 10.6 Å². The standard InChI is InChI=1S/C15H20N2O4/c1-10(2)14(20)17-9-11-3-5-12(6-4-11)15(21)16-8-7-13(18)19/h3-6,10H,7-9H2,1-2H3,(H,16,21)(H,17,20)(H,18,19). The number of aliphatic carboxylic acids is 1. The lowest BCUT2D eigenvalue weighted by molar-refractivity contribution is -0.136. The first-order valence-electron chi connectivity index (χ1n) is 6.76. The molecule has 0 radical (unpaired) electrons. The summed E-state index contributed by atoms with van der Waals surface area (Å²) in [7, 11) is 0. The van der Waals surface area contributed by atoms with Crippen molar-refractivity contribution in [3.63, 3.8) is 0 Å². The second-order valence-corrected chi connectivity index (χ2v) is 4.97. The van der Waals surface area contributed by atoms with Crippen molar-refractivity contribution in [3.05, 3.63) is 35.4 Å². The maximum Gasteiger partial charge on any atom is 0.305 e. The third-order valence-corrected chi connectivity index (χ3v) is 2.83. The number of nitrogens with one attached hydrogen (secondary N) is 2. The van der Waals surface area contributed by atoms with Gasteiger partial charge in [-0.1, -0.05) is 26.0 Å². The Labute approximate surface area is 123 Å². The van der Waals surface area contributed by atoms with Crippen LogP contribution >= 0.6 is 0 Å². The number of carboxylic acids is 1. The molecule has 1 aromatic rings. The van der Waals surface area contributed by atoms with Gasteiger partial charge in [-0.15, -0.1) is 0 Å². The average molecular weight is 292 g/mol. The predicted octanol–water partition coefficient (Wildman–Crippen LogP) is 1.16. The second kappa shape index (κ2) is 8.04. The highest BCUT2D eigenvalue weighted by Crippen LogP contribution is 2.05. The lowest BCUT2D eigenvalue weighted by Crippen LogP contribution is -2.27. The highest BCUT2D eigenvalue weighted by atomic mass is 16.4. The number of carboxylic acid groups (broad SMARTS) is 1. The molecule has 2 amide bonds. The van der Waals surface area contributed by atoms with Gasteiger partial charge in [0.15, 0.2) is 0 Å². The Morgan fingerprint density at radius 1 is 1.10 bits per heavy atom. The highest BCUT2D eigenvalue weighted by molar-refractivity contribution is 5.94. The van der Waals surface area contributed by atoms with Crippen LogP contribution in [0.1, 0.15) is 36.2 Å². The molecule has 0 fully saturated rings. The van der Waals surface area contributed by atoms with Gasteiger partial charge in [0.25, 0.3) is 5.91 Å². The molecule has 0 saturated heterocycles. The van der Waals surface area contributed by atoms with E-state index in [4.69, 9.17) is 5.11 Å². The van der Waals surface area contributed by atoms with Gasteiger partial charge >= 0.3 is 5.97 Å². The van der Waals surface area contributed by atoms with Crippen molar-refractivity contribution >= 4 is 17.8 Å². The van der Waals surface area contributed by atoms with Crippen molar-refractivity contribution in [2.45, 2.75) is 26.8 Å². The van der Waals surface area contributed by atoms with Gasteiger partial charge in [-0.05, 0) is 17.7 Å². The zero-order chi connectivity index (χ0) is 15.8. The molecule has 0 unspecified atom stereocenters. The normalized spacial score (nSPS) is 10.2. The third-order valence-electron chi connectivity index (χ3n) is 2.83. The van der Waals surface area contributed by atoms with E-state index in [-0.39, 0.29) is 30.7 Å². The number of amides is 2. The van der Waals surface area contributed by atoms with Gasteiger partial charge < -0.3 is 15.7 Å². The number of rotatable bonds is 7. The molecule has 0 atom stereocenters. The first-order valence-corrected chi connectivity index (χ1v) is 6.76. The lowest BCUT2D eigenvalue weighted by atomic mass is 10.1. The topological polar surface area (TPSA) is 95.5 Å². The SMILES string of the molecule is CC(C)C(=O)NCc1ccc(C(=O)NCCC(=O)O)cc1. The molecule has 1 aromatic carbocycles. The molecule has 0 bridgehead atoms. The predicted molar refractivity (Wildman–Crippen MR) is 77.7 cm³/mol. The van der Waals surface area contributed by atoms with Gasteiger partial charge in [-0.25, -0.2) is 0 Å². The van der Waals surface area contributed by atoms with E-state index >= 15 is 0 Å². The van der Waals surface area contributed by atoms with Crippen LogP contribution < -0.4 is 10.6 Å². The molecular weight excluding hydrogens is 272 g/mol. The van der Waals surface area contributed by atoms with Crippen molar-refractivity contribution < 1.29 is 19.5 Å². The first kappa shape index (κ1) is 16.7. The minimum atomic E-state index is -0.952.